The SMILES string of the molecule is CC.CC/C=C\C(=C/C(C)Br)NCC(OCC)OCC. The number of hydrogen-bond donors (Lipinski definition) is 1. The van der Waals surface area contributed by atoms with Crippen LogP contribution in [0.2, 0.25) is 0 Å². The van der Waals surface area contributed by atoms with Crippen LogP contribution >= 0.6 is 15.9 Å². The Bertz CT molecular complexity index is 247. The Morgan fingerprint density at radius 3 is 2.10 bits per heavy atom. The first-order valence-electron chi connectivity index (χ1n) is 7.63. The van der Waals surface area contributed by atoms with Crippen LogP contribution in [0.4, 0.5) is 0 Å². The Morgan fingerprint density at radius 1 is 1.15 bits per heavy atom. The van der Waals surface area contributed by atoms with E-state index in [2.05, 4.69) is 53.3 Å². The third kappa shape index (κ3) is 14.1. The van der Waals surface area contributed by atoms with Crippen LogP contribution in [0.25, 0.3) is 0 Å². The second-order valence-corrected chi connectivity index (χ2v) is 5.28. The Kier molecular flexibility index (Phi) is 18.4. The first-order chi connectivity index (χ1) is 9.63. The fourth-order valence-electron chi connectivity index (χ4n) is 1.40. The molecule has 120 valence electrons. The first-order valence-corrected chi connectivity index (χ1v) is 8.55. The first kappa shape index (κ1) is 22.0. The highest BCUT2D eigenvalue weighted by Crippen LogP contribution is 2.05. The standard InChI is InChI=1S/C14H26BrNO2.C2H6/c1-5-8-9-13(10-12(4)15)16-11-14(17-6-2)18-7-3;1-2/h8-10,12,14,16H,5-7,11H2,1-4H3;1-2H3/b9-8-,13-10+;. The van der Waals surface area contributed by atoms with Crippen LogP contribution in [0.1, 0.15) is 48.0 Å². The van der Waals surface area contributed by atoms with Gasteiger partial charge in [0.1, 0.15) is 0 Å². The highest BCUT2D eigenvalue weighted by atomic mass is 79.9. The van der Waals surface area contributed by atoms with E-state index >= 15 is 0 Å². The van der Waals surface area contributed by atoms with E-state index in [0.29, 0.717) is 24.6 Å². The monoisotopic (exact) mass is 349 g/mol. The molecule has 0 radical (unpaired) electrons. The van der Waals surface area contributed by atoms with Crippen molar-refractivity contribution in [1.82, 2.24) is 5.32 Å². The molecule has 0 heterocycles. The molecule has 0 aliphatic carbocycles. The smallest absolute Gasteiger partial charge is 0.174 e. The van der Waals surface area contributed by atoms with E-state index in [9.17, 15) is 0 Å². The molecule has 0 aromatic carbocycles. The molecule has 0 fully saturated rings. The van der Waals surface area contributed by atoms with Gasteiger partial charge >= 0.3 is 0 Å². The lowest BCUT2D eigenvalue weighted by Gasteiger charge is -2.18. The molecule has 0 saturated heterocycles. The lowest BCUT2D eigenvalue weighted by molar-refractivity contribution is -0.131. The van der Waals surface area contributed by atoms with Crippen molar-refractivity contribution in [2.24, 2.45) is 0 Å². The van der Waals surface area contributed by atoms with Crippen molar-refractivity contribution in [3.05, 3.63) is 23.9 Å². The van der Waals surface area contributed by atoms with Gasteiger partial charge in [-0.2, -0.15) is 0 Å². The average molecular weight is 350 g/mol. The Balaban J connectivity index is 0. The maximum Gasteiger partial charge on any atom is 0.174 e. The molecule has 1 atom stereocenters. The van der Waals surface area contributed by atoms with Gasteiger partial charge in [-0.1, -0.05) is 42.8 Å². The summed E-state index contributed by atoms with van der Waals surface area (Å²) in [5, 5.41) is 3.35. The summed E-state index contributed by atoms with van der Waals surface area (Å²) in [5.74, 6) is 0. The average Bonchev–Trinajstić information content (AvgIpc) is 2.43. The van der Waals surface area contributed by atoms with Crippen LogP contribution in [-0.2, 0) is 9.47 Å². The highest BCUT2D eigenvalue weighted by molar-refractivity contribution is 9.09. The van der Waals surface area contributed by atoms with E-state index in [0.717, 1.165) is 12.1 Å². The molecule has 0 bridgehead atoms. The predicted molar refractivity (Wildman–Crippen MR) is 92.3 cm³/mol. The number of rotatable bonds is 10. The molecule has 0 aliphatic rings. The van der Waals surface area contributed by atoms with Crippen LogP contribution in [0.15, 0.2) is 23.9 Å². The van der Waals surface area contributed by atoms with E-state index in [1.54, 1.807) is 0 Å². The molecule has 20 heavy (non-hydrogen) atoms. The molecule has 0 aliphatic heterocycles. The molecular formula is C16H32BrNO2. The van der Waals surface area contributed by atoms with Gasteiger partial charge in [0.05, 0.1) is 6.54 Å². The maximum absolute atomic E-state index is 5.49. The zero-order valence-electron chi connectivity index (χ0n) is 13.9. The van der Waals surface area contributed by atoms with E-state index in [-0.39, 0.29) is 6.29 Å². The summed E-state index contributed by atoms with van der Waals surface area (Å²) in [6, 6.07) is 0. The van der Waals surface area contributed by atoms with Gasteiger partial charge in [0.25, 0.3) is 0 Å². The van der Waals surface area contributed by atoms with Crippen LogP contribution in [0.5, 0.6) is 0 Å². The van der Waals surface area contributed by atoms with Gasteiger partial charge in [-0.3, -0.25) is 0 Å². The van der Waals surface area contributed by atoms with Crippen molar-refractivity contribution < 1.29 is 9.47 Å². The minimum Gasteiger partial charge on any atom is -0.380 e. The van der Waals surface area contributed by atoms with E-state index in [1.807, 2.05) is 27.7 Å². The summed E-state index contributed by atoms with van der Waals surface area (Å²) in [6.07, 6.45) is 7.18. The molecule has 0 aromatic rings. The summed E-state index contributed by atoms with van der Waals surface area (Å²) in [5.41, 5.74) is 1.09. The molecular weight excluding hydrogens is 318 g/mol. The minimum absolute atomic E-state index is 0.191. The summed E-state index contributed by atoms with van der Waals surface area (Å²) in [4.78, 5) is 0.333. The number of halogens is 1. The summed E-state index contributed by atoms with van der Waals surface area (Å²) in [6.45, 7) is 14.1. The van der Waals surface area contributed by atoms with Crippen molar-refractivity contribution in [2.75, 3.05) is 19.8 Å². The number of allylic oxidation sites excluding steroid dienone is 3. The zero-order valence-corrected chi connectivity index (χ0v) is 15.5. The Labute approximate surface area is 133 Å². The number of hydrogen-bond acceptors (Lipinski definition) is 3. The molecule has 0 amide bonds. The fraction of sp³-hybridized carbons (Fsp3) is 0.750. The molecule has 3 nitrogen and oxygen atoms in total. The fourth-order valence-corrected chi connectivity index (χ4v) is 1.69. The normalized spacial score (nSPS) is 13.3. The second kappa shape index (κ2) is 16.7. The van der Waals surface area contributed by atoms with E-state index < -0.39 is 0 Å². The lowest BCUT2D eigenvalue weighted by atomic mass is 10.3. The maximum atomic E-state index is 5.49. The summed E-state index contributed by atoms with van der Waals surface area (Å²) < 4.78 is 11.0. The summed E-state index contributed by atoms with van der Waals surface area (Å²) in [7, 11) is 0. The quantitative estimate of drug-likeness (QED) is 0.354. The number of ether oxygens (including phenoxy) is 2. The van der Waals surface area contributed by atoms with Crippen LogP contribution in [-0.4, -0.2) is 30.9 Å². The van der Waals surface area contributed by atoms with Crippen LogP contribution < -0.4 is 5.32 Å². The molecule has 4 heteroatoms. The zero-order chi connectivity index (χ0) is 15.8. The lowest BCUT2D eigenvalue weighted by Crippen LogP contribution is -2.31. The third-order valence-electron chi connectivity index (χ3n) is 2.12. The van der Waals surface area contributed by atoms with Gasteiger partial charge in [-0.15, -0.1) is 0 Å². The number of nitrogens with one attached hydrogen (secondary N) is 1. The molecule has 0 spiro atoms. The topological polar surface area (TPSA) is 30.5 Å². The van der Waals surface area contributed by atoms with Gasteiger partial charge in [0.2, 0.25) is 0 Å². The minimum atomic E-state index is -0.191. The van der Waals surface area contributed by atoms with Crippen molar-refractivity contribution in [1.29, 1.82) is 0 Å². The number of alkyl halides is 1. The largest absolute Gasteiger partial charge is 0.380 e. The van der Waals surface area contributed by atoms with Gasteiger partial charge < -0.3 is 14.8 Å². The van der Waals surface area contributed by atoms with E-state index in [1.165, 1.54) is 0 Å². The predicted octanol–water partition coefficient (Wildman–Crippen LogP) is 4.63. The van der Waals surface area contributed by atoms with Crippen molar-refractivity contribution in [2.45, 2.75) is 59.1 Å². The molecule has 1 N–H and O–H groups in total. The Morgan fingerprint density at radius 2 is 1.70 bits per heavy atom. The van der Waals surface area contributed by atoms with E-state index in [4.69, 9.17) is 9.47 Å². The Hall–Kier alpha value is -0.320. The van der Waals surface area contributed by atoms with Gasteiger partial charge in [0, 0.05) is 23.7 Å². The van der Waals surface area contributed by atoms with Crippen molar-refractivity contribution >= 4 is 15.9 Å². The van der Waals surface area contributed by atoms with Crippen molar-refractivity contribution in [3.63, 3.8) is 0 Å². The van der Waals surface area contributed by atoms with Crippen LogP contribution in [0, 0.1) is 0 Å². The van der Waals surface area contributed by atoms with Gasteiger partial charge in [-0.05, 0) is 39.3 Å². The molecule has 0 saturated carbocycles. The highest BCUT2D eigenvalue weighted by Gasteiger charge is 2.07. The summed E-state index contributed by atoms with van der Waals surface area (Å²) >= 11 is 3.52. The van der Waals surface area contributed by atoms with Crippen molar-refractivity contribution in [3.8, 4) is 0 Å². The van der Waals surface area contributed by atoms with Gasteiger partial charge in [-0.25, -0.2) is 0 Å². The van der Waals surface area contributed by atoms with Gasteiger partial charge in [0.15, 0.2) is 6.29 Å². The molecule has 1 unspecified atom stereocenters. The molecule has 0 aromatic heterocycles. The second-order valence-electron chi connectivity index (χ2n) is 3.83. The third-order valence-corrected chi connectivity index (χ3v) is 2.38. The van der Waals surface area contributed by atoms with Crippen LogP contribution in [0.3, 0.4) is 0 Å². The molecule has 0 rings (SSSR count).